The van der Waals surface area contributed by atoms with Crippen LogP contribution < -0.4 is 4.74 Å². The van der Waals surface area contributed by atoms with Crippen LogP contribution in [0.4, 0.5) is 0 Å². The van der Waals surface area contributed by atoms with Gasteiger partial charge in [0.05, 0.1) is 18.3 Å². The molecule has 4 nitrogen and oxygen atoms in total. The molecule has 18 heavy (non-hydrogen) atoms. The molecule has 1 aromatic heterocycles. The molecule has 0 aliphatic carbocycles. The van der Waals surface area contributed by atoms with E-state index in [0.717, 1.165) is 18.5 Å². The molecule has 0 aromatic carbocycles. The normalized spacial score (nSPS) is 22.1. The fourth-order valence-electron chi connectivity index (χ4n) is 2.22. The van der Waals surface area contributed by atoms with Crippen molar-refractivity contribution >= 4 is 0 Å². The van der Waals surface area contributed by atoms with E-state index in [9.17, 15) is 5.11 Å². The Labute approximate surface area is 108 Å². The van der Waals surface area contributed by atoms with E-state index in [1.165, 1.54) is 0 Å². The van der Waals surface area contributed by atoms with E-state index in [1.54, 1.807) is 0 Å². The Morgan fingerprint density at radius 2 is 2.28 bits per heavy atom. The molecule has 0 spiro atoms. The van der Waals surface area contributed by atoms with Crippen LogP contribution >= 0.6 is 0 Å². The van der Waals surface area contributed by atoms with Crippen molar-refractivity contribution in [1.82, 2.24) is 4.98 Å². The molecule has 1 aliphatic heterocycles. The summed E-state index contributed by atoms with van der Waals surface area (Å²) in [5.41, 5.74) is 1.43. The van der Waals surface area contributed by atoms with Crippen molar-refractivity contribution < 1.29 is 14.6 Å². The Morgan fingerprint density at radius 3 is 2.89 bits per heavy atom. The molecule has 0 amide bonds. The van der Waals surface area contributed by atoms with Gasteiger partial charge in [0.2, 0.25) is 0 Å². The number of ether oxygens (including phenoxy) is 2. The van der Waals surface area contributed by atoms with Crippen LogP contribution in [-0.2, 0) is 11.3 Å². The number of aryl methyl sites for hydroxylation is 1. The molecule has 1 aliphatic rings. The van der Waals surface area contributed by atoms with E-state index >= 15 is 0 Å². The van der Waals surface area contributed by atoms with Gasteiger partial charge in [0.1, 0.15) is 18.1 Å². The molecule has 1 aromatic rings. The van der Waals surface area contributed by atoms with E-state index in [0.29, 0.717) is 18.1 Å². The second kappa shape index (κ2) is 5.24. The van der Waals surface area contributed by atoms with Gasteiger partial charge in [0.25, 0.3) is 0 Å². The molecule has 1 saturated heterocycles. The molecule has 1 N–H and O–H groups in total. The number of aliphatic hydroxyl groups excluding tert-OH is 1. The summed E-state index contributed by atoms with van der Waals surface area (Å²) in [4.78, 5) is 4.25. The number of aromatic nitrogens is 1. The first kappa shape index (κ1) is 13.3. The average molecular weight is 251 g/mol. The maximum atomic E-state index is 9.24. The molecule has 1 atom stereocenters. The third-order valence-corrected chi connectivity index (χ3v) is 3.20. The third-order valence-electron chi connectivity index (χ3n) is 3.20. The quantitative estimate of drug-likeness (QED) is 0.891. The lowest BCUT2D eigenvalue weighted by Gasteiger charge is -2.19. The number of pyridine rings is 1. The van der Waals surface area contributed by atoms with Gasteiger partial charge in [-0.25, -0.2) is 0 Å². The van der Waals surface area contributed by atoms with E-state index in [2.05, 4.69) is 18.8 Å². The first-order valence-corrected chi connectivity index (χ1v) is 6.38. The van der Waals surface area contributed by atoms with Crippen LogP contribution in [-0.4, -0.2) is 28.4 Å². The van der Waals surface area contributed by atoms with Gasteiger partial charge in [-0.2, -0.15) is 0 Å². The van der Waals surface area contributed by atoms with Gasteiger partial charge in [0.15, 0.2) is 0 Å². The Morgan fingerprint density at radius 1 is 1.50 bits per heavy atom. The maximum Gasteiger partial charge on any atom is 0.143 e. The molecule has 1 unspecified atom stereocenters. The predicted octanol–water partition coefficient (Wildman–Crippen LogP) is 2.22. The largest absolute Gasteiger partial charge is 0.489 e. The lowest BCUT2D eigenvalue weighted by Crippen LogP contribution is -2.24. The topological polar surface area (TPSA) is 51.6 Å². The molecule has 2 heterocycles. The number of hydrogen-bond donors (Lipinski definition) is 1. The number of rotatable bonds is 4. The minimum atomic E-state index is -0.103. The Balaban J connectivity index is 1.94. The van der Waals surface area contributed by atoms with Crippen LogP contribution in [0.3, 0.4) is 0 Å². The SMILES string of the molecule is Cc1ccc(OCC2CCC(C)(C)O2)c(CO)n1. The van der Waals surface area contributed by atoms with Crippen molar-refractivity contribution in [2.45, 2.75) is 51.9 Å². The zero-order chi connectivity index (χ0) is 13.2. The summed E-state index contributed by atoms with van der Waals surface area (Å²) in [6.07, 6.45) is 2.20. The smallest absolute Gasteiger partial charge is 0.143 e. The van der Waals surface area contributed by atoms with Gasteiger partial charge in [-0.3, -0.25) is 4.98 Å². The Bertz CT molecular complexity index is 418. The summed E-state index contributed by atoms with van der Waals surface area (Å²) in [7, 11) is 0. The molecule has 0 radical (unpaired) electrons. The highest BCUT2D eigenvalue weighted by atomic mass is 16.6. The molecular weight excluding hydrogens is 230 g/mol. The number of aliphatic hydroxyl groups is 1. The van der Waals surface area contributed by atoms with Gasteiger partial charge in [-0.15, -0.1) is 0 Å². The molecule has 0 saturated carbocycles. The van der Waals surface area contributed by atoms with Crippen molar-refractivity contribution in [3.05, 3.63) is 23.5 Å². The lowest BCUT2D eigenvalue weighted by atomic mass is 10.1. The fourth-order valence-corrected chi connectivity index (χ4v) is 2.22. The van der Waals surface area contributed by atoms with Gasteiger partial charge in [-0.1, -0.05) is 0 Å². The summed E-state index contributed by atoms with van der Waals surface area (Å²) in [6, 6.07) is 3.74. The lowest BCUT2D eigenvalue weighted by molar-refractivity contribution is -0.0329. The average Bonchev–Trinajstić information content (AvgIpc) is 2.67. The minimum Gasteiger partial charge on any atom is -0.489 e. The van der Waals surface area contributed by atoms with E-state index in [1.807, 2.05) is 19.1 Å². The van der Waals surface area contributed by atoms with Crippen LogP contribution in [0.2, 0.25) is 0 Å². The van der Waals surface area contributed by atoms with Crippen molar-refractivity contribution in [3.8, 4) is 5.75 Å². The van der Waals surface area contributed by atoms with Crippen LogP contribution in [0, 0.1) is 6.92 Å². The maximum absolute atomic E-state index is 9.24. The zero-order valence-electron chi connectivity index (χ0n) is 11.3. The monoisotopic (exact) mass is 251 g/mol. The van der Waals surface area contributed by atoms with Crippen molar-refractivity contribution in [3.63, 3.8) is 0 Å². The second-order valence-corrected chi connectivity index (χ2v) is 5.40. The Kier molecular flexibility index (Phi) is 3.88. The fraction of sp³-hybridized carbons (Fsp3) is 0.643. The predicted molar refractivity (Wildman–Crippen MR) is 68.6 cm³/mol. The molecule has 2 rings (SSSR count). The van der Waals surface area contributed by atoms with Crippen LogP contribution in [0.5, 0.6) is 5.75 Å². The molecule has 1 fully saturated rings. The molecular formula is C14H21NO3. The summed E-state index contributed by atoms with van der Waals surface area (Å²) in [5.74, 6) is 0.649. The van der Waals surface area contributed by atoms with Gasteiger partial charge < -0.3 is 14.6 Å². The van der Waals surface area contributed by atoms with Crippen LogP contribution in [0.1, 0.15) is 38.1 Å². The first-order valence-electron chi connectivity index (χ1n) is 6.38. The number of nitrogens with zero attached hydrogens (tertiary/aromatic N) is 1. The second-order valence-electron chi connectivity index (χ2n) is 5.40. The molecule has 0 bridgehead atoms. The summed E-state index contributed by atoms with van der Waals surface area (Å²) in [5, 5.41) is 9.24. The third kappa shape index (κ3) is 3.21. The van der Waals surface area contributed by atoms with Crippen LogP contribution in [0.15, 0.2) is 12.1 Å². The zero-order valence-corrected chi connectivity index (χ0v) is 11.3. The number of hydrogen-bond acceptors (Lipinski definition) is 4. The highest BCUT2D eigenvalue weighted by molar-refractivity contribution is 5.28. The van der Waals surface area contributed by atoms with E-state index in [4.69, 9.17) is 9.47 Å². The summed E-state index contributed by atoms with van der Waals surface area (Å²) < 4.78 is 11.6. The van der Waals surface area contributed by atoms with Gasteiger partial charge in [0, 0.05) is 5.69 Å². The summed E-state index contributed by atoms with van der Waals surface area (Å²) >= 11 is 0. The Hall–Kier alpha value is -1.13. The highest BCUT2D eigenvalue weighted by Gasteiger charge is 2.32. The van der Waals surface area contributed by atoms with Gasteiger partial charge >= 0.3 is 0 Å². The summed E-state index contributed by atoms with van der Waals surface area (Å²) in [6.45, 7) is 6.50. The van der Waals surface area contributed by atoms with Crippen LogP contribution in [0.25, 0.3) is 0 Å². The highest BCUT2D eigenvalue weighted by Crippen LogP contribution is 2.30. The molecule has 4 heteroatoms. The van der Waals surface area contributed by atoms with Crippen molar-refractivity contribution in [2.24, 2.45) is 0 Å². The minimum absolute atomic E-state index is 0.0423. The van der Waals surface area contributed by atoms with Gasteiger partial charge in [-0.05, 0) is 45.7 Å². The van der Waals surface area contributed by atoms with Crippen molar-refractivity contribution in [1.29, 1.82) is 0 Å². The van der Waals surface area contributed by atoms with E-state index in [-0.39, 0.29) is 18.3 Å². The van der Waals surface area contributed by atoms with E-state index < -0.39 is 0 Å². The molecule has 100 valence electrons. The first-order chi connectivity index (χ1) is 8.50. The standard InChI is InChI=1S/C14H21NO3/c1-10-4-5-13(12(8-16)15-10)17-9-11-6-7-14(2,3)18-11/h4-5,11,16H,6-9H2,1-3H3. The van der Waals surface area contributed by atoms with Crippen molar-refractivity contribution in [2.75, 3.05) is 6.61 Å².